The summed E-state index contributed by atoms with van der Waals surface area (Å²) in [7, 11) is 0. The zero-order chi connectivity index (χ0) is 15.6. The van der Waals surface area contributed by atoms with Gasteiger partial charge in [-0.15, -0.1) is 11.3 Å². The molecule has 9 heteroatoms. The van der Waals surface area contributed by atoms with E-state index in [4.69, 9.17) is 5.11 Å². The van der Waals surface area contributed by atoms with Crippen LogP contribution < -0.4 is 0 Å². The van der Waals surface area contributed by atoms with E-state index in [0.717, 1.165) is 4.90 Å². The molecule has 0 spiro atoms. The largest absolute Gasteiger partial charge is 0.476 e. The lowest BCUT2D eigenvalue weighted by molar-refractivity contribution is -0.186. The van der Waals surface area contributed by atoms with Crippen LogP contribution in [0.15, 0.2) is 5.38 Å². The van der Waals surface area contributed by atoms with Gasteiger partial charge in [0.25, 0.3) is 0 Å². The molecule has 0 saturated carbocycles. The van der Waals surface area contributed by atoms with Gasteiger partial charge in [-0.25, -0.2) is 9.78 Å². The minimum Gasteiger partial charge on any atom is -0.476 e. The number of piperidine rings is 1. The molecule has 0 aromatic carbocycles. The monoisotopic (exact) mass is 322 g/mol. The number of likely N-dealkylation sites (tertiary alicyclic amines) is 1. The van der Waals surface area contributed by atoms with Gasteiger partial charge in [0, 0.05) is 24.9 Å². The lowest BCUT2D eigenvalue weighted by atomic mass is 9.94. The molecule has 1 amide bonds. The second-order valence-electron chi connectivity index (χ2n) is 4.87. The first-order valence-electron chi connectivity index (χ1n) is 6.31. The van der Waals surface area contributed by atoms with E-state index >= 15 is 0 Å². The number of carboxylic acid groups (broad SMARTS) is 1. The quantitative estimate of drug-likeness (QED) is 0.926. The van der Waals surface area contributed by atoms with Crippen molar-refractivity contribution in [3.63, 3.8) is 0 Å². The summed E-state index contributed by atoms with van der Waals surface area (Å²) in [6.07, 6.45) is -3.36. The molecule has 1 fully saturated rings. The number of aromatic carboxylic acids is 1. The molecule has 2 heterocycles. The molecular weight excluding hydrogens is 309 g/mol. The standard InChI is InChI=1S/C12H13F3N2O3S/c13-12(14,15)11(20)17-3-1-7(2-4-17)5-9-16-8(6-21-9)10(18)19/h6-7H,1-5H2,(H,18,19). The van der Waals surface area contributed by atoms with Crippen LogP contribution in [0.2, 0.25) is 0 Å². The van der Waals surface area contributed by atoms with E-state index in [1.807, 2.05) is 0 Å². The predicted molar refractivity (Wildman–Crippen MR) is 68.1 cm³/mol. The number of carboxylic acids is 1. The molecule has 0 unspecified atom stereocenters. The summed E-state index contributed by atoms with van der Waals surface area (Å²) in [6, 6.07) is 0. The number of carbonyl (C=O) groups excluding carboxylic acids is 1. The van der Waals surface area contributed by atoms with Crippen LogP contribution in [0.5, 0.6) is 0 Å². The van der Waals surface area contributed by atoms with Crippen molar-refractivity contribution in [3.8, 4) is 0 Å². The van der Waals surface area contributed by atoms with Crippen molar-refractivity contribution in [1.29, 1.82) is 0 Å². The Bertz CT molecular complexity index is 536. The highest BCUT2D eigenvalue weighted by Gasteiger charge is 2.43. The van der Waals surface area contributed by atoms with Crippen molar-refractivity contribution < 1.29 is 27.9 Å². The van der Waals surface area contributed by atoms with E-state index in [0.29, 0.717) is 24.3 Å². The van der Waals surface area contributed by atoms with Gasteiger partial charge < -0.3 is 10.0 Å². The lowest BCUT2D eigenvalue weighted by Gasteiger charge is -2.32. The summed E-state index contributed by atoms with van der Waals surface area (Å²) in [5.41, 5.74) is -0.0142. The van der Waals surface area contributed by atoms with Gasteiger partial charge in [-0.05, 0) is 18.8 Å². The Morgan fingerprint density at radius 3 is 2.48 bits per heavy atom. The molecular formula is C12H13F3N2O3S. The van der Waals surface area contributed by atoms with Crippen LogP contribution in [0.4, 0.5) is 13.2 Å². The Kier molecular flexibility index (Phi) is 4.50. The highest BCUT2D eigenvalue weighted by Crippen LogP contribution is 2.26. The normalized spacial score (nSPS) is 17.0. The molecule has 116 valence electrons. The molecule has 1 aromatic rings. The summed E-state index contributed by atoms with van der Waals surface area (Å²) in [6.45, 7) is 0.139. The van der Waals surface area contributed by atoms with Crippen LogP contribution in [0, 0.1) is 5.92 Å². The lowest BCUT2D eigenvalue weighted by Crippen LogP contribution is -2.45. The van der Waals surface area contributed by atoms with Crippen molar-refractivity contribution in [2.75, 3.05) is 13.1 Å². The van der Waals surface area contributed by atoms with Gasteiger partial charge in [0.2, 0.25) is 0 Å². The molecule has 1 aliphatic rings. The maximum Gasteiger partial charge on any atom is 0.471 e. The molecule has 1 saturated heterocycles. The SMILES string of the molecule is O=C(O)c1csc(CC2CCN(C(=O)C(F)(F)F)CC2)n1. The predicted octanol–water partition coefficient (Wildman–Crippen LogP) is 2.18. The van der Waals surface area contributed by atoms with Gasteiger partial charge in [0.05, 0.1) is 5.01 Å². The number of alkyl halides is 3. The maximum absolute atomic E-state index is 12.3. The summed E-state index contributed by atoms with van der Waals surface area (Å²) < 4.78 is 36.9. The zero-order valence-corrected chi connectivity index (χ0v) is 11.7. The Labute approximate surface area is 122 Å². The van der Waals surface area contributed by atoms with Crippen LogP contribution in [0.25, 0.3) is 0 Å². The van der Waals surface area contributed by atoms with Crippen LogP contribution in [0.3, 0.4) is 0 Å². The van der Waals surface area contributed by atoms with Crippen molar-refractivity contribution >= 4 is 23.2 Å². The van der Waals surface area contributed by atoms with E-state index in [1.165, 1.54) is 16.7 Å². The third-order valence-electron chi connectivity index (χ3n) is 3.38. The molecule has 1 N–H and O–H groups in total. The zero-order valence-electron chi connectivity index (χ0n) is 10.9. The Hall–Kier alpha value is -1.64. The number of aromatic nitrogens is 1. The summed E-state index contributed by atoms with van der Waals surface area (Å²) in [4.78, 5) is 26.6. The molecule has 1 aliphatic heterocycles. The van der Waals surface area contributed by atoms with E-state index in [9.17, 15) is 22.8 Å². The second-order valence-corrected chi connectivity index (χ2v) is 5.81. The third kappa shape index (κ3) is 3.93. The Balaban J connectivity index is 1.86. The number of amides is 1. The maximum atomic E-state index is 12.3. The summed E-state index contributed by atoms with van der Waals surface area (Å²) in [5, 5.41) is 10.9. The van der Waals surface area contributed by atoms with Crippen LogP contribution in [-0.2, 0) is 11.2 Å². The molecule has 5 nitrogen and oxygen atoms in total. The number of rotatable bonds is 3. The van der Waals surface area contributed by atoms with Crippen molar-refractivity contribution in [1.82, 2.24) is 9.88 Å². The fourth-order valence-corrected chi connectivity index (χ4v) is 3.15. The molecule has 1 aromatic heterocycles. The number of hydrogen-bond acceptors (Lipinski definition) is 4. The Morgan fingerprint density at radius 2 is 2.00 bits per heavy atom. The molecule has 0 atom stereocenters. The van der Waals surface area contributed by atoms with Gasteiger partial charge in [-0.1, -0.05) is 0 Å². The molecule has 0 bridgehead atoms. The molecule has 0 aliphatic carbocycles. The first kappa shape index (κ1) is 15.7. The van der Waals surface area contributed by atoms with Gasteiger partial charge in [0.1, 0.15) is 0 Å². The van der Waals surface area contributed by atoms with Crippen molar-refractivity contribution in [2.24, 2.45) is 5.92 Å². The Morgan fingerprint density at radius 1 is 1.38 bits per heavy atom. The number of carbonyl (C=O) groups is 2. The van der Waals surface area contributed by atoms with Gasteiger partial charge in [-0.2, -0.15) is 13.2 Å². The minimum absolute atomic E-state index is 0.0142. The topological polar surface area (TPSA) is 70.5 Å². The van der Waals surface area contributed by atoms with Gasteiger partial charge in [0.15, 0.2) is 5.69 Å². The molecule has 21 heavy (non-hydrogen) atoms. The van der Waals surface area contributed by atoms with E-state index < -0.39 is 18.1 Å². The van der Waals surface area contributed by atoms with E-state index in [1.54, 1.807) is 0 Å². The summed E-state index contributed by atoms with van der Waals surface area (Å²) in [5.74, 6) is -2.76. The van der Waals surface area contributed by atoms with Crippen molar-refractivity contribution in [2.45, 2.75) is 25.4 Å². The number of thiazole rings is 1. The van der Waals surface area contributed by atoms with Gasteiger partial charge in [-0.3, -0.25) is 4.79 Å². The minimum atomic E-state index is -4.82. The first-order chi connectivity index (χ1) is 9.77. The van der Waals surface area contributed by atoms with E-state index in [2.05, 4.69) is 4.98 Å². The number of halogens is 3. The highest BCUT2D eigenvalue weighted by atomic mass is 32.1. The smallest absolute Gasteiger partial charge is 0.471 e. The number of hydrogen-bond donors (Lipinski definition) is 1. The van der Waals surface area contributed by atoms with Crippen LogP contribution in [0.1, 0.15) is 28.3 Å². The van der Waals surface area contributed by atoms with Crippen LogP contribution >= 0.6 is 11.3 Å². The fourth-order valence-electron chi connectivity index (χ4n) is 2.27. The number of nitrogens with zero attached hydrogens (tertiary/aromatic N) is 2. The van der Waals surface area contributed by atoms with Crippen LogP contribution in [-0.4, -0.2) is 46.1 Å². The molecule has 0 radical (unpaired) electrons. The summed E-state index contributed by atoms with van der Waals surface area (Å²) >= 11 is 1.23. The van der Waals surface area contributed by atoms with Gasteiger partial charge >= 0.3 is 18.1 Å². The average molecular weight is 322 g/mol. The second kappa shape index (κ2) is 6.00. The first-order valence-corrected chi connectivity index (χ1v) is 7.19. The fraction of sp³-hybridized carbons (Fsp3) is 0.583. The van der Waals surface area contributed by atoms with Crippen molar-refractivity contribution in [3.05, 3.63) is 16.1 Å². The molecule has 2 rings (SSSR count). The third-order valence-corrected chi connectivity index (χ3v) is 4.25. The average Bonchev–Trinajstić information content (AvgIpc) is 2.86. The van der Waals surface area contributed by atoms with E-state index in [-0.39, 0.29) is 24.7 Å². The highest BCUT2D eigenvalue weighted by molar-refractivity contribution is 7.09.